The van der Waals surface area contributed by atoms with Gasteiger partial charge in [-0.15, -0.1) is 11.3 Å². The lowest BCUT2D eigenvalue weighted by atomic mass is 9.98. The fourth-order valence-corrected chi connectivity index (χ4v) is 6.22. The first-order valence-corrected chi connectivity index (χ1v) is 14.0. The number of fused-ring (bicyclic) bond motifs is 1. The average molecular weight is 492 g/mol. The summed E-state index contributed by atoms with van der Waals surface area (Å²) < 4.78 is 27.9. The Kier molecular flexibility index (Phi) is 7.49. The van der Waals surface area contributed by atoms with E-state index < -0.39 is 15.9 Å². The van der Waals surface area contributed by atoms with E-state index in [0.29, 0.717) is 12.0 Å². The highest BCUT2D eigenvalue weighted by Gasteiger charge is 2.18. The zero-order valence-corrected chi connectivity index (χ0v) is 21.1. The molecule has 0 saturated carbocycles. The van der Waals surface area contributed by atoms with Crippen molar-refractivity contribution < 1.29 is 13.2 Å². The van der Waals surface area contributed by atoms with Gasteiger partial charge in [0.2, 0.25) is 10.0 Å². The third-order valence-corrected chi connectivity index (χ3v) is 8.41. The predicted molar refractivity (Wildman–Crippen MR) is 142 cm³/mol. The lowest BCUT2D eigenvalue weighted by Gasteiger charge is -2.08. The van der Waals surface area contributed by atoms with Crippen LogP contribution in [0.3, 0.4) is 0 Å². The van der Waals surface area contributed by atoms with Crippen LogP contribution in [0.4, 0.5) is 0 Å². The molecule has 0 unspecified atom stereocenters. The Balaban J connectivity index is 1.55. The summed E-state index contributed by atoms with van der Waals surface area (Å²) in [6.07, 6.45) is 3.05. The van der Waals surface area contributed by atoms with Gasteiger partial charge in [-0.3, -0.25) is 4.79 Å². The van der Waals surface area contributed by atoms with Gasteiger partial charge >= 0.3 is 0 Å². The van der Waals surface area contributed by atoms with Gasteiger partial charge in [-0.1, -0.05) is 74.4 Å². The summed E-state index contributed by atoms with van der Waals surface area (Å²) >= 11 is 1.70. The number of sulfonamides is 1. The highest BCUT2D eigenvalue weighted by Crippen LogP contribution is 2.33. The minimum Gasteiger partial charge on any atom is -0.268 e. The molecule has 4 rings (SSSR count). The second kappa shape index (κ2) is 10.5. The Morgan fingerprint density at radius 2 is 1.62 bits per heavy atom. The van der Waals surface area contributed by atoms with Crippen LogP contribution in [0, 0.1) is 6.92 Å². The largest absolute Gasteiger partial charge is 0.268 e. The van der Waals surface area contributed by atoms with Crippen LogP contribution in [-0.2, 0) is 16.4 Å². The molecule has 0 aliphatic heterocycles. The molecule has 4 aromatic rings. The number of carbonyl (C=O) groups excluding carboxylic acids is 1. The summed E-state index contributed by atoms with van der Waals surface area (Å²) in [7, 11) is -3.63. The Labute approximate surface area is 205 Å². The minimum absolute atomic E-state index is 0.0311. The van der Waals surface area contributed by atoms with E-state index in [9.17, 15) is 13.2 Å². The van der Waals surface area contributed by atoms with Crippen LogP contribution in [-0.4, -0.2) is 20.1 Å². The maximum atomic E-state index is 12.7. The predicted octanol–water partition coefficient (Wildman–Crippen LogP) is 6.72. The summed E-state index contributed by atoms with van der Waals surface area (Å²) in [5.41, 5.74) is 5.09. The smallest absolute Gasteiger partial charge is 0.264 e. The van der Waals surface area contributed by atoms with E-state index in [1.165, 1.54) is 27.1 Å². The van der Waals surface area contributed by atoms with Crippen LogP contribution >= 0.6 is 11.3 Å². The van der Waals surface area contributed by atoms with Crippen molar-refractivity contribution in [2.45, 2.75) is 39.5 Å². The van der Waals surface area contributed by atoms with Crippen molar-refractivity contribution in [1.82, 2.24) is 4.72 Å². The number of nitrogens with one attached hydrogen (secondary N) is 1. The molecule has 3 aromatic carbocycles. The summed E-state index contributed by atoms with van der Waals surface area (Å²) in [6.45, 7) is 4.11. The van der Waals surface area contributed by atoms with E-state index in [1.54, 1.807) is 17.4 Å². The lowest BCUT2D eigenvalue weighted by Crippen LogP contribution is -2.32. The van der Waals surface area contributed by atoms with Gasteiger partial charge in [-0.2, -0.15) is 0 Å². The van der Waals surface area contributed by atoms with Gasteiger partial charge < -0.3 is 0 Å². The Bertz CT molecular complexity index is 1390. The van der Waals surface area contributed by atoms with Crippen LogP contribution in [0.5, 0.6) is 0 Å². The van der Waals surface area contributed by atoms with Gasteiger partial charge in [0.1, 0.15) is 0 Å². The molecule has 4 nitrogen and oxygen atoms in total. The van der Waals surface area contributed by atoms with Gasteiger partial charge in [0.25, 0.3) is 5.91 Å². The van der Waals surface area contributed by atoms with Crippen molar-refractivity contribution in [3.63, 3.8) is 0 Å². The molecule has 176 valence electrons. The topological polar surface area (TPSA) is 63.2 Å². The Morgan fingerprint density at radius 3 is 2.32 bits per heavy atom. The maximum absolute atomic E-state index is 12.7. The molecule has 0 radical (unpaired) electrons. The van der Waals surface area contributed by atoms with Crippen LogP contribution in [0.2, 0.25) is 0 Å². The number of aryl methyl sites for hydroxylation is 1. The first-order valence-electron chi connectivity index (χ1n) is 11.6. The summed E-state index contributed by atoms with van der Waals surface area (Å²) in [5, 5.41) is 1.01. The number of carbonyl (C=O) groups is 1. The molecule has 0 bridgehead atoms. The zero-order valence-electron chi connectivity index (χ0n) is 19.5. The highest BCUT2D eigenvalue weighted by atomic mass is 32.2. The Hall–Kier alpha value is -2.96. The zero-order chi connectivity index (χ0) is 24.1. The summed E-state index contributed by atoms with van der Waals surface area (Å²) in [4.78, 5) is 13.9. The molecule has 0 atom stereocenters. The molecule has 1 N–H and O–H groups in total. The average Bonchev–Trinajstić information content (AvgIpc) is 3.14. The molecule has 0 saturated heterocycles. The molecule has 6 heteroatoms. The molecule has 34 heavy (non-hydrogen) atoms. The van der Waals surface area contributed by atoms with Crippen LogP contribution < -0.4 is 4.72 Å². The van der Waals surface area contributed by atoms with Crippen molar-refractivity contribution in [1.29, 1.82) is 0 Å². The normalized spacial score (nSPS) is 11.6. The van der Waals surface area contributed by atoms with Crippen LogP contribution in [0.1, 0.15) is 52.5 Å². The number of amides is 1. The fraction of sp³-hybridized carbons (Fsp3) is 0.250. The number of hydrogen-bond acceptors (Lipinski definition) is 4. The number of hydrogen-bond donors (Lipinski definition) is 1. The highest BCUT2D eigenvalue weighted by molar-refractivity contribution is 7.90. The SMILES string of the molecule is CCCCCS(=O)(=O)NC(=O)c1ccc2sc(C)c(Cc3ccc(-c4ccccc4)cc3)c2c1. The van der Waals surface area contributed by atoms with Gasteiger partial charge in [-0.25, -0.2) is 13.1 Å². The second-order valence-corrected chi connectivity index (χ2v) is 11.6. The minimum atomic E-state index is -3.63. The second-order valence-electron chi connectivity index (χ2n) is 8.54. The standard InChI is InChI=1S/C28H29NO3S2/c1-3-4-8-17-34(31,32)29-28(30)24-15-16-27-26(19-24)25(20(2)33-27)18-21-11-13-23(14-12-21)22-9-6-5-7-10-22/h5-7,9-16,19H,3-4,8,17-18H2,1-2H3,(H,29,30). The quantitative estimate of drug-likeness (QED) is 0.264. The molecule has 1 heterocycles. The number of rotatable bonds is 9. The van der Waals surface area contributed by atoms with E-state index >= 15 is 0 Å². The molecular formula is C28H29NO3S2. The van der Waals surface area contributed by atoms with Gasteiger partial charge in [0, 0.05) is 15.1 Å². The number of benzene rings is 3. The van der Waals surface area contributed by atoms with Crippen molar-refractivity contribution in [3.8, 4) is 11.1 Å². The van der Waals surface area contributed by atoms with E-state index in [-0.39, 0.29) is 5.75 Å². The molecular weight excluding hydrogens is 462 g/mol. The Morgan fingerprint density at radius 1 is 0.912 bits per heavy atom. The first kappa shape index (κ1) is 24.2. The molecule has 0 spiro atoms. The van der Waals surface area contributed by atoms with Gasteiger partial charge in [0.15, 0.2) is 0 Å². The van der Waals surface area contributed by atoms with Crippen molar-refractivity contribution in [2.24, 2.45) is 0 Å². The maximum Gasteiger partial charge on any atom is 0.264 e. The summed E-state index contributed by atoms with van der Waals surface area (Å²) in [6, 6.07) is 24.3. The first-order chi connectivity index (χ1) is 16.4. The monoisotopic (exact) mass is 491 g/mol. The lowest BCUT2D eigenvalue weighted by molar-refractivity contribution is 0.0981. The van der Waals surface area contributed by atoms with E-state index in [1.807, 2.05) is 37.3 Å². The molecule has 0 aliphatic rings. The molecule has 1 amide bonds. The van der Waals surface area contributed by atoms with E-state index in [4.69, 9.17) is 0 Å². The number of unbranched alkanes of at least 4 members (excludes halogenated alkanes) is 2. The van der Waals surface area contributed by atoms with Crippen LogP contribution in [0.15, 0.2) is 72.8 Å². The third kappa shape index (κ3) is 5.75. The third-order valence-electron chi connectivity index (χ3n) is 5.96. The van der Waals surface area contributed by atoms with Crippen molar-refractivity contribution in [3.05, 3.63) is 94.4 Å². The molecule has 0 fully saturated rings. The molecule has 0 aliphatic carbocycles. The van der Waals surface area contributed by atoms with Crippen LogP contribution in [0.25, 0.3) is 21.2 Å². The van der Waals surface area contributed by atoms with Gasteiger partial charge in [0.05, 0.1) is 5.75 Å². The molecule has 1 aromatic heterocycles. The fourth-order valence-electron chi connectivity index (χ4n) is 4.07. The summed E-state index contributed by atoms with van der Waals surface area (Å²) in [5.74, 6) is -0.600. The van der Waals surface area contributed by atoms with E-state index in [2.05, 4.69) is 48.0 Å². The van der Waals surface area contributed by atoms with Gasteiger partial charge in [-0.05, 0) is 65.6 Å². The number of thiophene rings is 1. The van der Waals surface area contributed by atoms with Crippen molar-refractivity contribution >= 4 is 37.4 Å². The van der Waals surface area contributed by atoms with Crippen molar-refractivity contribution in [2.75, 3.05) is 5.75 Å². The van der Waals surface area contributed by atoms with E-state index in [0.717, 1.165) is 29.3 Å².